The van der Waals surface area contributed by atoms with E-state index in [2.05, 4.69) is 29.0 Å². The van der Waals surface area contributed by atoms with E-state index in [1.54, 1.807) is 23.9 Å². The van der Waals surface area contributed by atoms with Crippen molar-refractivity contribution in [3.63, 3.8) is 0 Å². The van der Waals surface area contributed by atoms with Crippen LogP contribution in [-0.2, 0) is 6.42 Å². The van der Waals surface area contributed by atoms with Gasteiger partial charge in [0.25, 0.3) is 0 Å². The SMILES string of the molecule is CCOc1ccc2c(c1)C(N1CCN(C)CC1)Cc1ccc(F)cc1S2. The van der Waals surface area contributed by atoms with Crippen molar-refractivity contribution in [1.29, 1.82) is 0 Å². The Balaban J connectivity index is 1.75. The van der Waals surface area contributed by atoms with Crippen molar-refractivity contribution in [3.8, 4) is 5.75 Å². The molecule has 4 rings (SSSR count). The predicted molar refractivity (Wildman–Crippen MR) is 104 cm³/mol. The Labute approximate surface area is 159 Å². The summed E-state index contributed by atoms with van der Waals surface area (Å²) in [4.78, 5) is 7.20. The van der Waals surface area contributed by atoms with Gasteiger partial charge in [0.2, 0.25) is 0 Å². The maximum absolute atomic E-state index is 13.8. The Kier molecular flexibility index (Phi) is 5.20. The average Bonchev–Trinajstić information content (AvgIpc) is 2.79. The summed E-state index contributed by atoms with van der Waals surface area (Å²) >= 11 is 1.68. The third-order valence-corrected chi connectivity index (χ3v) is 6.48. The van der Waals surface area contributed by atoms with Crippen LogP contribution in [0.15, 0.2) is 46.2 Å². The molecule has 3 nitrogen and oxygen atoms in total. The Morgan fingerprint density at radius 1 is 1.08 bits per heavy atom. The molecule has 0 saturated carbocycles. The summed E-state index contributed by atoms with van der Waals surface area (Å²) in [7, 11) is 2.18. The van der Waals surface area contributed by atoms with Crippen LogP contribution in [-0.4, -0.2) is 49.6 Å². The maximum Gasteiger partial charge on any atom is 0.124 e. The number of hydrogen-bond donors (Lipinski definition) is 0. The Morgan fingerprint density at radius 3 is 2.65 bits per heavy atom. The van der Waals surface area contributed by atoms with Crippen molar-refractivity contribution in [1.82, 2.24) is 9.80 Å². The number of nitrogens with zero attached hydrogens (tertiary/aromatic N) is 2. The molecule has 2 aromatic rings. The first-order chi connectivity index (χ1) is 12.6. The number of fused-ring (bicyclic) bond motifs is 2. The van der Waals surface area contributed by atoms with Crippen LogP contribution in [0.25, 0.3) is 0 Å². The van der Waals surface area contributed by atoms with E-state index in [0.29, 0.717) is 12.6 Å². The van der Waals surface area contributed by atoms with Gasteiger partial charge in [-0.05, 0) is 61.9 Å². The number of likely N-dealkylation sites (N-methyl/N-ethyl adjacent to an activating group) is 1. The lowest BCUT2D eigenvalue weighted by molar-refractivity contribution is 0.109. The summed E-state index contributed by atoms with van der Waals surface area (Å²) < 4.78 is 19.6. The molecular formula is C21H25FN2OS. The Hall–Kier alpha value is -1.56. The summed E-state index contributed by atoms with van der Waals surface area (Å²) in [5.74, 6) is 0.755. The summed E-state index contributed by atoms with van der Waals surface area (Å²) in [6, 6.07) is 11.9. The first kappa shape index (κ1) is 17.8. The molecule has 0 aromatic heterocycles. The van der Waals surface area contributed by atoms with Gasteiger partial charge in [-0.15, -0.1) is 0 Å². The van der Waals surface area contributed by atoms with Gasteiger partial charge in [0, 0.05) is 42.0 Å². The zero-order valence-corrected chi connectivity index (χ0v) is 16.2. The molecule has 1 saturated heterocycles. The van der Waals surface area contributed by atoms with Crippen molar-refractivity contribution in [2.45, 2.75) is 29.2 Å². The molecule has 0 N–H and O–H groups in total. The fourth-order valence-electron chi connectivity index (χ4n) is 3.82. The number of rotatable bonds is 3. The van der Waals surface area contributed by atoms with Crippen molar-refractivity contribution in [3.05, 3.63) is 53.3 Å². The molecule has 2 aliphatic heterocycles. The van der Waals surface area contributed by atoms with Gasteiger partial charge in [-0.1, -0.05) is 17.8 Å². The maximum atomic E-state index is 13.8. The highest BCUT2D eigenvalue weighted by molar-refractivity contribution is 7.99. The fourth-order valence-corrected chi connectivity index (χ4v) is 4.96. The first-order valence-corrected chi connectivity index (χ1v) is 10.1. The van der Waals surface area contributed by atoms with Crippen LogP contribution >= 0.6 is 11.8 Å². The van der Waals surface area contributed by atoms with Crippen LogP contribution in [0.1, 0.15) is 24.1 Å². The van der Waals surface area contributed by atoms with E-state index in [1.807, 2.05) is 19.1 Å². The predicted octanol–water partition coefficient (Wildman–Crippen LogP) is 4.22. The highest BCUT2D eigenvalue weighted by atomic mass is 32.2. The fraction of sp³-hybridized carbons (Fsp3) is 0.429. The van der Waals surface area contributed by atoms with Crippen molar-refractivity contribution < 1.29 is 9.13 Å². The molecule has 0 bridgehead atoms. The monoisotopic (exact) mass is 372 g/mol. The smallest absolute Gasteiger partial charge is 0.124 e. The molecule has 0 aliphatic carbocycles. The molecule has 2 heterocycles. The van der Waals surface area contributed by atoms with Gasteiger partial charge in [0.1, 0.15) is 11.6 Å². The Morgan fingerprint density at radius 2 is 1.88 bits per heavy atom. The molecule has 2 aromatic carbocycles. The summed E-state index contributed by atoms with van der Waals surface area (Å²) in [5.41, 5.74) is 2.54. The highest BCUT2D eigenvalue weighted by Gasteiger charge is 2.30. The second kappa shape index (κ2) is 7.59. The largest absolute Gasteiger partial charge is 0.494 e. The van der Waals surface area contributed by atoms with E-state index in [9.17, 15) is 4.39 Å². The summed E-state index contributed by atoms with van der Waals surface area (Å²) in [6.45, 7) is 6.95. The van der Waals surface area contributed by atoms with Crippen molar-refractivity contribution in [2.24, 2.45) is 0 Å². The zero-order chi connectivity index (χ0) is 18.1. The minimum absolute atomic E-state index is 0.165. The normalized spacial score (nSPS) is 21.0. The third-order valence-electron chi connectivity index (χ3n) is 5.29. The van der Waals surface area contributed by atoms with Crippen LogP contribution < -0.4 is 4.74 Å². The van der Waals surface area contributed by atoms with E-state index >= 15 is 0 Å². The number of benzene rings is 2. The quantitative estimate of drug-likeness (QED) is 0.801. The minimum atomic E-state index is -0.165. The minimum Gasteiger partial charge on any atom is -0.494 e. The van der Waals surface area contributed by atoms with Crippen molar-refractivity contribution >= 4 is 11.8 Å². The van der Waals surface area contributed by atoms with E-state index in [1.165, 1.54) is 16.0 Å². The van der Waals surface area contributed by atoms with Crippen LogP contribution in [0.4, 0.5) is 4.39 Å². The third kappa shape index (κ3) is 3.61. The number of hydrogen-bond acceptors (Lipinski definition) is 4. The topological polar surface area (TPSA) is 15.7 Å². The lowest BCUT2D eigenvalue weighted by atomic mass is 9.96. The molecule has 5 heteroatoms. The standard InChI is InChI=1S/C21H25FN2OS/c1-3-25-17-6-7-20-18(14-17)19(24-10-8-23(2)9-11-24)12-15-4-5-16(22)13-21(15)26-20/h4-7,13-14,19H,3,8-12H2,1-2H3. The van der Waals surface area contributed by atoms with Crippen LogP contribution in [0, 0.1) is 5.82 Å². The number of piperazine rings is 1. The van der Waals surface area contributed by atoms with Gasteiger partial charge in [-0.25, -0.2) is 4.39 Å². The second-order valence-corrected chi connectivity index (χ2v) is 8.13. The molecule has 1 atom stereocenters. The Bertz CT molecular complexity index is 790. The summed E-state index contributed by atoms with van der Waals surface area (Å²) in [6.07, 6.45) is 0.912. The van der Waals surface area contributed by atoms with Gasteiger partial charge >= 0.3 is 0 Å². The highest BCUT2D eigenvalue weighted by Crippen LogP contribution is 2.44. The van der Waals surface area contributed by atoms with Crippen LogP contribution in [0.3, 0.4) is 0 Å². The van der Waals surface area contributed by atoms with E-state index in [-0.39, 0.29) is 5.82 Å². The van der Waals surface area contributed by atoms with E-state index in [4.69, 9.17) is 4.74 Å². The molecular weight excluding hydrogens is 347 g/mol. The molecule has 1 unspecified atom stereocenters. The lowest BCUT2D eigenvalue weighted by Gasteiger charge is -2.38. The van der Waals surface area contributed by atoms with Crippen LogP contribution in [0.5, 0.6) is 5.75 Å². The average molecular weight is 373 g/mol. The van der Waals surface area contributed by atoms with Gasteiger partial charge in [-0.3, -0.25) is 4.90 Å². The molecule has 26 heavy (non-hydrogen) atoms. The molecule has 0 spiro atoms. The molecule has 138 valence electrons. The van der Waals surface area contributed by atoms with Gasteiger partial charge in [0.15, 0.2) is 0 Å². The van der Waals surface area contributed by atoms with Gasteiger partial charge in [-0.2, -0.15) is 0 Å². The molecule has 0 amide bonds. The van der Waals surface area contributed by atoms with Gasteiger partial charge < -0.3 is 9.64 Å². The van der Waals surface area contributed by atoms with E-state index in [0.717, 1.165) is 43.2 Å². The van der Waals surface area contributed by atoms with E-state index < -0.39 is 0 Å². The molecule has 2 aliphatic rings. The number of halogens is 1. The summed E-state index contributed by atoms with van der Waals surface area (Å²) in [5, 5.41) is 0. The van der Waals surface area contributed by atoms with Crippen LogP contribution in [0.2, 0.25) is 0 Å². The van der Waals surface area contributed by atoms with Gasteiger partial charge in [0.05, 0.1) is 6.61 Å². The zero-order valence-electron chi connectivity index (χ0n) is 15.4. The second-order valence-electron chi connectivity index (χ2n) is 7.05. The van der Waals surface area contributed by atoms with Crippen molar-refractivity contribution in [2.75, 3.05) is 39.8 Å². The first-order valence-electron chi connectivity index (χ1n) is 9.29. The molecule has 0 radical (unpaired) electrons. The molecule has 1 fully saturated rings. The lowest BCUT2D eigenvalue weighted by Crippen LogP contribution is -2.46. The number of ether oxygens (including phenoxy) is 1.